The van der Waals surface area contributed by atoms with E-state index in [9.17, 15) is 4.79 Å². The summed E-state index contributed by atoms with van der Waals surface area (Å²) in [5.41, 5.74) is 0.711. The number of rotatable bonds is 9. The van der Waals surface area contributed by atoms with Gasteiger partial charge in [-0.25, -0.2) is 4.79 Å². The molecule has 0 bridgehead atoms. The summed E-state index contributed by atoms with van der Waals surface area (Å²) in [4.78, 5) is 16.0. The number of esters is 1. The molecule has 0 saturated heterocycles. The standard InChI is InChI=1S/C17H20N2O5/c1-4-10-22-12(3)17(20)23-11-15-18-16(19-24-15)13-8-6-7-9-14(13)21-5-2/h4,6-9,12H,1,5,10-11H2,2-3H3. The van der Waals surface area contributed by atoms with Crippen LogP contribution >= 0.6 is 0 Å². The fourth-order valence-corrected chi connectivity index (χ4v) is 1.89. The molecule has 0 aliphatic heterocycles. The van der Waals surface area contributed by atoms with Crippen molar-refractivity contribution in [2.24, 2.45) is 0 Å². The van der Waals surface area contributed by atoms with Crippen LogP contribution in [0.5, 0.6) is 5.75 Å². The molecule has 0 aliphatic carbocycles. The highest BCUT2D eigenvalue weighted by molar-refractivity contribution is 5.74. The maximum absolute atomic E-state index is 11.7. The van der Waals surface area contributed by atoms with Crippen molar-refractivity contribution in [2.75, 3.05) is 13.2 Å². The van der Waals surface area contributed by atoms with E-state index in [0.29, 0.717) is 23.7 Å². The molecule has 24 heavy (non-hydrogen) atoms. The van der Waals surface area contributed by atoms with Crippen molar-refractivity contribution in [2.45, 2.75) is 26.6 Å². The normalized spacial score (nSPS) is 11.8. The third kappa shape index (κ3) is 4.66. The molecule has 7 heteroatoms. The van der Waals surface area contributed by atoms with Gasteiger partial charge in [0.2, 0.25) is 5.82 Å². The molecular formula is C17H20N2O5. The molecular weight excluding hydrogens is 312 g/mol. The molecule has 7 nitrogen and oxygen atoms in total. The molecule has 1 heterocycles. The van der Waals surface area contributed by atoms with Crippen LogP contribution in [0.3, 0.4) is 0 Å². The fourth-order valence-electron chi connectivity index (χ4n) is 1.89. The summed E-state index contributed by atoms with van der Waals surface area (Å²) in [6, 6.07) is 7.37. The molecule has 128 valence electrons. The number of carbonyl (C=O) groups excluding carboxylic acids is 1. The van der Waals surface area contributed by atoms with Gasteiger partial charge in [0.05, 0.1) is 18.8 Å². The minimum atomic E-state index is -0.691. The minimum absolute atomic E-state index is 0.121. The number of hydrogen-bond donors (Lipinski definition) is 0. The Hall–Kier alpha value is -2.67. The zero-order chi connectivity index (χ0) is 17.4. The lowest BCUT2D eigenvalue weighted by atomic mass is 10.2. The number of aromatic nitrogens is 2. The number of hydrogen-bond acceptors (Lipinski definition) is 7. The highest BCUT2D eigenvalue weighted by atomic mass is 16.6. The van der Waals surface area contributed by atoms with Crippen LogP contribution in [0.25, 0.3) is 11.4 Å². The van der Waals surface area contributed by atoms with Crippen molar-refractivity contribution in [1.29, 1.82) is 0 Å². The van der Waals surface area contributed by atoms with E-state index in [1.807, 2.05) is 31.2 Å². The van der Waals surface area contributed by atoms with Crippen LogP contribution in [0.15, 0.2) is 41.4 Å². The van der Waals surface area contributed by atoms with Gasteiger partial charge in [-0.2, -0.15) is 4.98 Å². The number of ether oxygens (including phenoxy) is 3. The minimum Gasteiger partial charge on any atom is -0.493 e. The van der Waals surface area contributed by atoms with Crippen LogP contribution in [0.4, 0.5) is 0 Å². The van der Waals surface area contributed by atoms with Crippen LogP contribution in [-0.2, 0) is 20.9 Å². The SMILES string of the molecule is C=CCOC(C)C(=O)OCc1nc(-c2ccccc2OCC)no1. The summed E-state index contributed by atoms with van der Waals surface area (Å²) in [6.07, 6.45) is 0.869. The van der Waals surface area contributed by atoms with Crippen LogP contribution < -0.4 is 4.74 Å². The quantitative estimate of drug-likeness (QED) is 0.515. The highest BCUT2D eigenvalue weighted by Gasteiger charge is 2.17. The molecule has 2 rings (SSSR count). The molecule has 0 aliphatic rings. The van der Waals surface area contributed by atoms with Gasteiger partial charge in [0.1, 0.15) is 5.75 Å². The van der Waals surface area contributed by atoms with Crippen molar-refractivity contribution in [3.63, 3.8) is 0 Å². The topological polar surface area (TPSA) is 83.7 Å². The van der Waals surface area contributed by atoms with E-state index >= 15 is 0 Å². The third-order valence-corrected chi connectivity index (χ3v) is 3.03. The van der Waals surface area contributed by atoms with Crippen molar-refractivity contribution in [3.05, 3.63) is 42.8 Å². The Morgan fingerprint density at radius 1 is 1.42 bits per heavy atom. The number of para-hydroxylation sites is 1. The molecule has 1 aromatic carbocycles. The smallest absolute Gasteiger partial charge is 0.335 e. The van der Waals surface area contributed by atoms with Gasteiger partial charge in [-0.1, -0.05) is 23.4 Å². The Balaban J connectivity index is 1.99. The van der Waals surface area contributed by atoms with Gasteiger partial charge >= 0.3 is 5.97 Å². The Labute approximate surface area is 140 Å². The van der Waals surface area contributed by atoms with Gasteiger partial charge in [-0.15, -0.1) is 6.58 Å². The highest BCUT2D eigenvalue weighted by Crippen LogP contribution is 2.27. The summed E-state index contributed by atoms with van der Waals surface area (Å²) >= 11 is 0. The van der Waals surface area contributed by atoms with E-state index in [4.69, 9.17) is 18.7 Å². The van der Waals surface area contributed by atoms with E-state index in [0.717, 1.165) is 0 Å². The Kier molecular flexibility index (Phi) is 6.51. The predicted molar refractivity (Wildman–Crippen MR) is 86.3 cm³/mol. The van der Waals surface area contributed by atoms with Crippen molar-refractivity contribution in [1.82, 2.24) is 10.1 Å². The summed E-state index contributed by atoms with van der Waals surface area (Å²) in [5, 5.41) is 3.90. The zero-order valence-electron chi connectivity index (χ0n) is 13.7. The molecule has 0 radical (unpaired) electrons. The van der Waals surface area contributed by atoms with Crippen LogP contribution in [0, 0.1) is 0 Å². The summed E-state index contributed by atoms with van der Waals surface area (Å²) in [7, 11) is 0. The second-order valence-electron chi connectivity index (χ2n) is 4.81. The third-order valence-electron chi connectivity index (χ3n) is 3.03. The average Bonchev–Trinajstić information content (AvgIpc) is 3.07. The van der Waals surface area contributed by atoms with Gasteiger partial charge in [0.15, 0.2) is 12.7 Å². The second kappa shape index (κ2) is 8.83. The molecule has 0 N–H and O–H groups in total. The van der Waals surface area contributed by atoms with Crippen molar-refractivity contribution in [3.8, 4) is 17.1 Å². The van der Waals surface area contributed by atoms with Gasteiger partial charge in [0.25, 0.3) is 5.89 Å². The van der Waals surface area contributed by atoms with Gasteiger partial charge in [0, 0.05) is 0 Å². The molecule has 1 aromatic heterocycles. The lowest BCUT2D eigenvalue weighted by molar-refractivity contribution is -0.157. The lowest BCUT2D eigenvalue weighted by Gasteiger charge is -2.09. The van der Waals surface area contributed by atoms with Crippen molar-refractivity contribution >= 4 is 5.97 Å². The first-order valence-corrected chi connectivity index (χ1v) is 7.59. The Bertz CT molecular complexity index is 683. The van der Waals surface area contributed by atoms with Crippen LogP contribution in [-0.4, -0.2) is 35.4 Å². The van der Waals surface area contributed by atoms with E-state index in [1.165, 1.54) is 0 Å². The van der Waals surface area contributed by atoms with E-state index in [2.05, 4.69) is 16.7 Å². The summed E-state index contributed by atoms with van der Waals surface area (Å²) in [6.45, 7) is 7.70. The summed E-state index contributed by atoms with van der Waals surface area (Å²) in [5.74, 6) is 0.726. The van der Waals surface area contributed by atoms with E-state index in [1.54, 1.807) is 13.0 Å². The molecule has 1 atom stereocenters. The van der Waals surface area contributed by atoms with Crippen LogP contribution in [0.1, 0.15) is 19.7 Å². The van der Waals surface area contributed by atoms with Gasteiger partial charge in [-0.05, 0) is 26.0 Å². The molecule has 0 spiro atoms. The lowest BCUT2D eigenvalue weighted by Crippen LogP contribution is -2.23. The molecule has 0 amide bonds. The maximum atomic E-state index is 11.7. The predicted octanol–water partition coefficient (Wildman–Crippen LogP) is 2.77. The number of benzene rings is 1. The Morgan fingerprint density at radius 3 is 2.96 bits per heavy atom. The molecule has 0 saturated carbocycles. The molecule has 2 aromatic rings. The van der Waals surface area contributed by atoms with Crippen LogP contribution in [0.2, 0.25) is 0 Å². The fraction of sp³-hybridized carbons (Fsp3) is 0.353. The van der Waals surface area contributed by atoms with Crippen molar-refractivity contribution < 1.29 is 23.5 Å². The maximum Gasteiger partial charge on any atom is 0.335 e. The first kappa shape index (κ1) is 17.7. The van der Waals surface area contributed by atoms with Gasteiger partial charge in [-0.3, -0.25) is 0 Å². The van der Waals surface area contributed by atoms with E-state index in [-0.39, 0.29) is 19.1 Å². The molecule has 1 unspecified atom stereocenters. The second-order valence-corrected chi connectivity index (χ2v) is 4.81. The number of nitrogens with zero attached hydrogens (tertiary/aromatic N) is 2. The largest absolute Gasteiger partial charge is 0.493 e. The number of carbonyl (C=O) groups is 1. The monoisotopic (exact) mass is 332 g/mol. The van der Waals surface area contributed by atoms with Gasteiger partial charge < -0.3 is 18.7 Å². The Morgan fingerprint density at radius 2 is 2.21 bits per heavy atom. The molecule has 0 fully saturated rings. The summed E-state index contributed by atoms with van der Waals surface area (Å²) < 4.78 is 20.9. The average molecular weight is 332 g/mol. The first-order chi connectivity index (χ1) is 11.7. The first-order valence-electron chi connectivity index (χ1n) is 7.59. The van der Waals surface area contributed by atoms with E-state index < -0.39 is 12.1 Å². The zero-order valence-corrected chi connectivity index (χ0v) is 13.7.